The molecule has 0 aromatic heterocycles. The Morgan fingerprint density at radius 2 is 1.50 bits per heavy atom. The zero-order chi connectivity index (χ0) is 19.7. The fourth-order valence-electron chi connectivity index (χ4n) is 3.78. The Kier molecular flexibility index (Phi) is 5.47. The Hall–Kier alpha value is -2.34. The molecule has 0 N–H and O–H groups in total. The topological polar surface area (TPSA) is 80.8 Å². The lowest BCUT2D eigenvalue weighted by Gasteiger charge is -2.53. The number of ether oxygens (including phenoxy) is 1. The Bertz CT molecular complexity index is 733. The second kappa shape index (κ2) is 7.11. The first-order chi connectivity index (χ1) is 12.1. The summed E-state index contributed by atoms with van der Waals surface area (Å²) in [7, 11) is 2.04. The molecule has 0 aliphatic carbocycles. The number of carbonyl (C=O) groups is 4. The summed E-state index contributed by atoms with van der Waals surface area (Å²) in [6, 6.07) is 2.70. The summed E-state index contributed by atoms with van der Waals surface area (Å²) in [5, 5.41) is 0. The number of hydrogen-bond acceptors (Lipinski definition) is 6. The van der Waals surface area contributed by atoms with Gasteiger partial charge in [0.15, 0.2) is 18.9 Å². The average Bonchev–Trinajstić information content (AvgIpc) is 2.57. The maximum absolute atomic E-state index is 12.8. The van der Waals surface area contributed by atoms with Gasteiger partial charge in [-0.3, -0.25) is 19.3 Å². The van der Waals surface area contributed by atoms with Gasteiger partial charge in [-0.2, -0.15) is 0 Å². The first-order valence-corrected chi connectivity index (χ1v) is 8.55. The summed E-state index contributed by atoms with van der Waals surface area (Å²) in [6.45, 7) is 8.32. The third-order valence-corrected chi connectivity index (χ3v) is 5.43. The van der Waals surface area contributed by atoms with E-state index in [1.807, 2.05) is 7.05 Å². The van der Waals surface area contributed by atoms with Gasteiger partial charge >= 0.3 is 5.97 Å². The molecule has 6 nitrogen and oxygen atoms in total. The highest BCUT2D eigenvalue weighted by Gasteiger charge is 2.44. The molecule has 1 heterocycles. The molecule has 0 spiro atoms. The van der Waals surface area contributed by atoms with Crippen LogP contribution >= 0.6 is 0 Å². The third kappa shape index (κ3) is 3.60. The Balaban J connectivity index is 2.38. The van der Waals surface area contributed by atoms with Crippen molar-refractivity contribution in [2.75, 3.05) is 7.05 Å². The summed E-state index contributed by atoms with van der Waals surface area (Å²) in [6.07, 6.45) is 2.27. The normalized spacial score (nSPS) is 19.6. The van der Waals surface area contributed by atoms with E-state index in [-0.39, 0.29) is 39.4 Å². The Morgan fingerprint density at radius 3 is 1.96 bits per heavy atom. The van der Waals surface area contributed by atoms with Crippen LogP contribution in [0.3, 0.4) is 0 Å². The number of aldehydes is 3. The summed E-state index contributed by atoms with van der Waals surface area (Å²) < 4.78 is 5.68. The zero-order valence-electron chi connectivity index (χ0n) is 15.9. The summed E-state index contributed by atoms with van der Waals surface area (Å²) in [5.41, 5.74) is -0.526. The minimum absolute atomic E-state index is 0.0362. The fourth-order valence-corrected chi connectivity index (χ4v) is 3.78. The molecule has 0 bridgehead atoms. The highest BCUT2D eigenvalue weighted by molar-refractivity contribution is 6.08. The largest absolute Gasteiger partial charge is 0.459 e. The van der Waals surface area contributed by atoms with Crippen LogP contribution in [-0.2, 0) is 4.74 Å². The minimum atomic E-state index is -0.751. The van der Waals surface area contributed by atoms with Crippen molar-refractivity contribution in [3.8, 4) is 0 Å². The third-order valence-electron chi connectivity index (χ3n) is 5.43. The average molecular weight is 359 g/mol. The molecule has 0 atom stereocenters. The predicted octanol–water partition coefficient (Wildman–Crippen LogP) is 2.93. The molecule has 1 fully saturated rings. The van der Waals surface area contributed by atoms with E-state index in [4.69, 9.17) is 4.74 Å². The van der Waals surface area contributed by atoms with Crippen molar-refractivity contribution in [1.82, 2.24) is 4.90 Å². The number of likely N-dealkylation sites (tertiary alicyclic amines) is 1. The van der Waals surface area contributed by atoms with Crippen LogP contribution in [0.4, 0.5) is 0 Å². The van der Waals surface area contributed by atoms with E-state index in [9.17, 15) is 19.2 Å². The maximum atomic E-state index is 12.8. The number of nitrogens with zero attached hydrogens (tertiary/aromatic N) is 1. The molecule has 2 rings (SSSR count). The van der Waals surface area contributed by atoms with Crippen LogP contribution in [0.2, 0.25) is 0 Å². The van der Waals surface area contributed by atoms with Gasteiger partial charge < -0.3 is 4.74 Å². The van der Waals surface area contributed by atoms with Gasteiger partial charge in [0.1, 0.15) is 6.10 Å². The maximum Gasteiger partial charge on any atom is 0.339 e. The fraction of sp³-hybridized carbons (Fsp3) is 0.500. The quantitative estimate of drug-likeness (QED) is 0.594. The molecule has 140 valence electrons. The van der Waals surface area contributed by atoms with Gasteiger partial charge in [-0.15, -0.1) is 0 Å². The van der Waals surface area contributed by atoms with Crippen molar-refractivity contribution >= 4 is 24.8 Å². The molecule has 0 unspecified atom stereocenters. The van der Waals surface area contributed by atoms with Crippen molar-refractivity contribution in [1.29, 1.82) is 0 Å². The smallest absolute Gasteiger partial charge is 0.339 e. The van der Waals surface area contributed by atoms with Crippen LogP contribution in [0.1, 0.15) is 82.0 Å². The van der Waals surface area contributed by atoms with Crippen LogP contribution in [0, 0.1) is 0 Å². The molecule has 1 aromatic carbocycles. The van der Waals surface area contributed by atoms with Gasteiger partial charge in [-0.05, 0) is 34.7 Å². The number of carbonyl (C=O) groups excluding carboxylic acids is 4. The Labute approximate surface area is 153 Å². The van der Waals surface area contributed by atoms with Gasteiger partial charge in [-0.25, -0.2) is 4.79 Å². The van der Waals surface area contributed by atoms with Crippen molar-refractivity contribution in [3.63, 3.8) is 0 Å². The van der Waals surface area contributed by atoms with Crippen molar-refractivity contribution < 1.29 is 23.9 Å². The van der Waals surface area contributed by atoms with E-state index in [2.05, 4.69) is 32.6 Å². The SMILES string of the molecule is CN1C(C)(C)CC(OC(=O)c2c(C=O)ccc(C=O)c2C=O)CC1(C)C. The molecule has 26 heavy (non-hydrogen) atoms. The van der Waals surface area contributed by atoms with Crippen molar-refractivity contribution in [3.05, 3.63) is 34.4 Å². The van der Waals surface area contributed by atoms with E-state index in [0.29, 0.717) is 31.7 Å². The van der Waals surface area contributed by atoms with Crippen molar-refractivity contribution in [2.45, 2.75) is 57.7 Å². The van der Waals surface area contributed by atoms with E-state index >= 15 is 0 Å². The highest BCUT2D eigenvalue weighted by Crippen LogP contribution is 2.38. The van der Waals surface area contributed by atoms with E-state index in [1.54, 1.807) is 0 Å². The highest BCUT2D eigenvalue weighted by atomic mass is 16.5. The molecule has 1 aliphatic rings. The second-order valence-corrected chi connectivity index (χ2v) is 8.01. The van der Waals surface area contributed by atoms with Crippen LogP contribution in [0.5, 0.6) is 0 Å². The molecule has 1 aliphatic heterocycles. The lowest BCUT2D eigenvalue weighted by atomic mass is 9.78. The molecule has 1 aromatic rings. The van der Waals surface area contributed by atoms with Crippen LogP contribution in [0.25, 0.3) is 0 Å². The molecule has 0 amide bonds. The van der Waals surface area contributed by atoms with Crippen molar-refractivity contribution in [2.24, 2.45) is 0 Å². The lowest BCUT2D eigenvalue weighted by Crippen LogP contribution is -2.60. The Morgan fingerprint density at radius 1 is 1.00 bits per heavy atom. The van der Waals surface area contributed by atoms with Crippen LogP contribution in [-0.4, -0.2) is 54.0 Å². The summed E-state index contributed by atoms with van der Waals surface area (Å²) in [5.74, 6) is -0.751. The molecule has 1 saturated heterocycles. The molecule has 0 radical (unpaired) electrons. The second-order valence-electron chi connectivity index (χ2n) is 8.01. The standard InChI is InChI=1S/C20H25NO5/c1-19(2)8-15(9-20(3,4)21(19)5)26-18(25)17-14(11-23)7-6-13(10-22)16(17)12-24/h6-7,10-12,15H,8-9H2,1-5H3. The number of benzene rings is 1. The first-order valence-electron chi connectivity index (χ1n) is 8.55. The summed E-state index contributed by atoms with van der Waals surface area (Å²) in [4.78, 5) is 48.9. The molecular weight excluding hydrogens is 334 g/mol. The van der Waals surface area contributed by atoms with E-state index in [0.717, 1.165) is 0 Å². The van der Waals surface area contributed by atoms with Gasteiger partial charge in [0.2, 0.25) is 0 Å². The van der Waals surface area contributed by atoms with Crippen LogP contribution < -0.4 is 0 Å². The van der Waals surface area contributed by atoms with E-state index in [1.165, 1.54) is 12.1 Å². The summed E-state index contributed by atoms with van der Waals surface area (Å²) >= 11 is 0. The van der Waals surface area contributed by atoms with Crippen LogP contribution in [0.15, 0.2) is 12.1 Å². The monoisotopic (exact) mass is 359 g/mol. The predicted molar refractivity (Wildman–Crippen MR) is 97.0 cm³/mol. The van der Waals surface area contributed by atoms with Gasteiger partial charge in [-0.1, -0.05) is 12.1 Å². The first kappa shape index (κ1) is 20.0. The van der Waals surface area contributed by atoms with Gasteiger partial charge in [0.05, 0.1) is 5.56 Å². The molecule has 0 saturated carbocycles. The van der Waals surface area contributed by atoms with E-state index < -0.39 is 5.97 Å². The zero-order valence-corrected chi connectivity index (χ0v) is 15.9. The minimum Gasteiger partial charge on any atom is -0.459 e. The number of esters is 1. The van der Waals surface area contributed by atoms with Gasteiger partial charge in [0, 0.05) is 40.6 Å². The number of rotatable bonds is 5. The molecule has 6 heteroatoms. The van der Waals surface area contributed by atoms with Gasteiger partial charge in [0.25, 0.3) is 0 Å². The molecular formula is C20H25NO5. The number of hydrogen-bond donors (Lipinski definition) is 0. The lowest BCUT2D eigenvalue weighted by molar-refractivity contribution is -0.0732. The number of piperidine rings is 1.